The molecule has 0 bridgehead atoms. The van der Waals surface area contributed by atoms with Crippen molar-refractivity contribution in [3.05, 3.63) is 0 Å². The Morgan fingerprint density at radius 2 is 2.08 bits per heavy atom. The van der Waals surface area contributed by atoms with Gasteiger partial charge >= 0.3 is 0 Å². The highest BCUT2D eigenvalue weighted by atomic mass is 127. The Hall–Kier alpha value is -0.0800. The number of likely N-dealkylation sites (N-methyl/N-ethyl adjacent to an activating group) is 1. The van der Waals surface area contributed by atoms with Gasteiger partial charge in [0.1, 0.15) is 0 Å². The molecule has 2 heterocycles. The summed E-state index contributed by atoms with van der Waals surface area (Å²) in [6.45, 7) is 12.6. The number of hydrogen-bond acceptors (Lipinski definition) is 3. The number of likely N-dealkylation sites (tertiary alicyclic amines) is 1. The van der Waals surface area contributed by atoms with Crippen molar-refractivity contribution in [1.82, 2.24) is 15.1 Å². The van der Waals surface area contributed by atoms with E-state index in [1.807, 2.05) is 0 Å². The van der Waals surface area contributed by atoms with Crippen LogP contribution in [0.1, 0.15) is 40.0 Å². The predicted octanol–water partition coefficient (Wildman–Crippen LogP) is 2.66. The maximum Gasteiger partial charge on any atom is 0.193 e. The number of aliphatic imine (C=N–C) groups is 1. The number of rotatable bonds is 6. The lowest BCUT2D eigenvalue weighted by atomic mass is 9.87. The Labute approximate surface area is 165 Å². The fourth-order valence-electron chi connectivity index (χ4n) is 3.70. The van der Waals surface area contributed by atoms with E-state index in [0.717, 1.165) is 45.4 Å². The van der Waals surface area contributed by atoms with Crippen LogP contribution < -0.4 is 5.32 Å². The van der Waals surface area contributed by atoms with Crippen molar-refractivity contribution in [2.75, 3.05) is 53.5 Å². The fraction of sp³-hybridized carbons (Fsp3) is 0.944. The van der Waals surface area contributed by atoms with E-state index in [2.05, 4.69) is 50.0 Å². The van der Waals surface area contributed by atoms with Crippen LogP contribution in [0.2, 0.25) is 0 Å². The molecule has 24 heavy (non-hydrogen) atoms. The molecule has 1 spiro atoms. The SMILES string of the molecule is CCNC(=NCC(CC(C)C)N(C)C)N1CCC2(CCOC2)C1.I. The summed E-state index contributed by atoms with van der Waals surface area (Å²) in [5.74, 6) is 1.79. The van der Waals surface area contributed by atoms with E-state index < -0.39 is 0 Å². The van der Waals surface area contributed by atoms with Crippen molar-refractivity contribution in [3.8, 4) is 0 Å². The summed E-state index contributed by atoms with van der Waals surface area (Å²) in [5.41, 5.74) is 0.384. The minimum atomic E-state index is 0. The van der Waals surface area contributed by atoms with Gasteiger partial charge in [-0.05, 0) is 46.2 Å². The third kappa shape index (κ3) is 6.02. The molecule has 2 saturated heterocycles. The Bertz CT molecular complexity index is 394. The molecule has 0 saturated carbocycles. The van der Waals surface area contributed by atoms with Crippen molar-refractivity contribution in [2.24, 2.45) is 16.3 Å². The molecule has 1 N–H and O–H groups in total. The first kappa shape index (κ1) is 22.0. The van der Waals surface area contributed by atoms with Gasteiger partial charge < -0.3 is 19.9 Å². The zero-order valence-corrected chi connectivity index (χ0v) is 18.5. The summed E-state index contributed by atoms with van der Waals surface area (Å²) >= 11 is 0. The first-order valence-electron chi connectivity index (χ1n) is 9.23. The van der Waals surface area contributed by atoms with E-state index in [1.54, 1.807) is 0 Å². The van der Waals surface area contributed by atoms with E-state index in [9.17, 15) is 0 Å². The number of nitrogens with zero attached hydrogens (tertiary/aromatic N) is 3. The number of halogens is 1. The monoisotopic (exact) mass is 452 g/mol. The lowest BCUT2D eigenvalue weighted by Crippen LogP contribution is -2.42. The minimum absolute atomic E-state index is 0. The maximum absolute atomic E-state index is 5.65. The molecule has 0 radical (unpaired) electrons. The van der Waals surface area contributed by atoms with E-state index in [4.69, 9.17) is 9.73 Å². The summed E-state index contributed by atoms with van der Waals surface area (Å²) < 4.78 is 5.65. The number of nitrogens with one attached hydrogen (secondary N) is 1. The first-order chi connectivity index (χ1) is 11.0. The number of ether oxygens (including phenoxy) is 1. The Morgan fingerprint density at radius 3 is 2.62 bits per heavy atom. The van der Waals surface area contributed by atoms with Crippen LogP contribution >= 0.6 is 24.0 Å². The van der Waals surface area contributed by atoms with Crippen LogP contribution in [0.25, 0.3) is 0 Å². The van der Waals surface area contributed by atoms with Crippen molar-refractivity contribution in [2.45, 2.75) is 46.1 Å². The van der Waals surface area contributed by atoms with Crippen LogP contribution in [-0.4, -0.2) is 75.3 Å². The van der Waals surface area contributed by atoms with Gasteiger partial charge in [0.2, 0.25) is 0 Å². The van der Waals surface area contributed by atoms with Crippen molar-refractivity contribution >= 4 is 29.9 Å². The fourth-order valence-corrected chi connectivity index (χ4v) is 3.70. The van der Waals surface area contributed by atoms with Gasteiger partial charge in [-0.1, -0.05) is 13.8 Å². The molecule has 2 unspecified atom stereocenters. The number of hydrogen-bond donors (Lipinski definition) is 1. The molecule has 142 valence electrons. The zero-order valence-electron chi connectivity index (χ0n) is 16.2. The Kier molecular flexibility index (Phi) is 9.30. The summed E-state index contributed by atoms with van der Waals surface area (Å²) in [4.78, 5) is 9.73. The highest BCUT2D eigenvalue weighted by Gasteiger charge is 2.42. The molecule has 2 aliphatic heterocycles. The number of guanidine groups is 1. The predicted molar refractivity (Wildman–Crippen MR) is 112 cm³/mol. The Balaban J connectivity index is 0.00000288. The molecule has 0 aromatic heterocycles. The molecule has 2 rings (SSSR count). The van der Waals surface area contributed by atoms with E-state index in [1.165, 1.54) is 19.3 Å². The molecule has 2 atom stereocenters. The van der Waals surface area contributed by atoms with Crippen LogP contribution in [0.3, 0.4) is 0 Å². The minimum Gasteiger partial charge on any atom is -0.381 e. The van der Waals surface area contributed by atoms with Crippen molar-refractivity contribution in [3.63, 3.8) is 0 Å². The van der Waals surface area contributed by atoms with E-state index in [0.29, 0.717) is 17.4 Å². The topological polar surface area (TPSA) is 40.1 Å². The molecular weight excluding hydrogens is 415 g/mol. The highest BCUT2D eigenvalue weighted by Crippen LogP contribution is 2.38. The standard InChI is InChI=1S/C18H36N4O.HI/c1-6-19-17(20-12-16(21(4)5)11-15(2)3)22-9-7-18(13-22)8-10-23-14-18;/h15-16H,6-14H2,1-5H3,(H,19,20);1H. The highest BCUT2D eigenvalue weighted by molar-refractivity contribution is 14.0. The molecule has 5 nitrogen and oxygen atoms in total. The maximum atomic E-state index is 5.65. The van der Waals surface area contributed by atoms with Gasteiger partial charge in [0.15, 0.2) is 5.96 Å². The van der Waals surface area contributed by atoms with Crippen LogP contribution in [0.5, 0.6) is 0 Å². The molecule has 2 fully saturated rings. The molecule has 2 aliphatic rings. The van der Waals surface area contributed by atoms with E-state index in [-0.39, 0.29) is 24.0 Å². The van der Waals surface area contributed by atoms with Crippen molar-refractivity contribution < 1.29 is 4.74 Å². The largest absolute Gasteiger partial charge is 0.381 e. The molecule has 0 aliphatic carbocycles. The third-order valence-electron chi connectivity index (χ3n) is 5.18. The second kappa shape index (κ2) is 10.2. The first-order valence-corrected chi connectivity index (χ1v) is 9.23. The summed E-state index contributed by atoms with van der Waals surface area (Å²) in [5, 5.41) is 3.50. The summed E-state index contributed by atoms with van der Waals surface area (Å²) in [6.07, 6.45) is 3.63. The second-order valence-electron chi connectivity index (χ2n) is 7.92. The molecule has 0 amide bonds. The zero-order chi connectivity index (χ0) is 16.9. The summed E-state index contributed by atoms with van der Waals surface area (Å²) in [6, 6.07) is 0.509. The molecule has 0 aromatic carbocycles. The van der Waals surface area contributed by atoms with Gasteiger partial charge in [0.05, 0.1) is 13.2 Å². The second-order valence-corrected chi connectivity index (χ2v) is 7.92. The van der Waals surface area contributed by atoms with Gasteiger partial charge in [0.25, 0.3) is 0 Å². The van der Waals surface area contributed by atoms with Gasteiger partial charge in [-0.2, -0.15) is 0 Å². The average molecular weight is 452 g/mol. The van der Waals surface area contributed by atoms with Crippen LogP contribution in [0, 0.1) is 11.3 Å². The molecular formula is C18H37IN4O. The average Bonchev–Trinajstić information content (AvgIpc) is 3.12. The van der Waals surface area contributed by atoms with Crippen LogP contribution in [0.15, 0.2) is 4.99 Å². The normalized spacial score (nSPS) is 25.6. The molecule has 6 heteroatoms. The van der Waals surface area contributed by atoms with E-state index >= 15 is 0 Å². The van der Waals surface area contributed by atoms with Gasteiger partial charge in [-0.3, -0.25) is 4.99 Å². The lowest BCUT2D eigenvalue weighted by Gasteiger charge is -2.27. The van der Waals surface area contributed by atoms with Crippen LogP contribution in [-0.2, 0) is 4.74 Å². The van der Waals surface area contributed by atoms with Gasteiger partial charge in [0, 0.05) is 37.7 Å². The smallest absolute Gasteiger partial charge is 0.193 e. The van der Waals surface area contributed by atoms with Gasteiger partial charge in [-0.25, -0.2) is 0 Å². The molecule has 0 aromatic rings. The lowest BCUT2D eigenvalue weighted by molar-refractivity contribution is 0.156. The third-order valence-corrected chi connectivity index (χ3v) is 5.18. The quantitative estimate of drug-likeness (QED) is 0.382. The van der Waals surface area contributed by atoms with Crippen molar-refractivity contribution in [1.29, 1.82) is 0 Å². The van der Waals surface area contributed by atoms with Gasteiger partial charge in [-0.15, -0.1) is 24.0 Å². The summed E-state index contributed by atoms with van der Waals surface area (Å²) in [7, 11) is 4.33. The van der Waals surface area contributed by atoms with Crippen LogP contribution in [0.4, 0.5) is 0 Å². The Morgan fingerprint density at radius 1 is 1.33 bits per heavy atom.